The van der Waals surface area contributed by atoms with Gasteiger partial charge in [0.05, 0.1) is 18.0 Å². The van der Waals surface area contributed by atoms with E-state index in [1.54, 1.807) is 11.8 Å². The lowest BCUT2D eigenvalue weighted by molar-refractivity contribution is -0.121. The molecule has 0 radical (unpaired) electrons. The van der Waals surface area contributed by atoms with Crippen molar-refractivity contribution in [1.82, 2.24) is 15.1 Å². The maximum atomic E-state index is 11.7. The minimum absolute atomic E-state index is 0.0506. The maximum Gasteiger partial charge on any atom is 0.242 e. The number of anilines is 1. The number of carbonyl (C=O) groups excluding carboxylic acids is 1. The number of nitrogens with zero attached hydrogens (tertiary/aromatic N) is 2. The molecule has 1 heterocycles. The highest BCUT2D eigenvalue weighted by Gasteiger charge is 2.13. The van der Waals surface area contributed by atoms with Gasteiger partial charge >= 0.3 is 0 Å². The number of hydrogen-bond acceptors (Lipinski definition) is 4. The van der Waals surface area contributed by atoms with Crippen LogP contribution < -0.4 is 10.6 Å². The molecule has 1 amide bonds. The Bertz CT molecular complexity index is 376. The predicted octanol–water partition coefficient (Wildman–Crippen LogP) is 0.292. The van der Waals surface area contributed by atoms with Crippen molar-refractivity contribution < 1.29 is 9.53 Å². The third-order valence-electron chi connectivity index (χ3n) is 2.38. The smallest absolute Gasteiger partial charge is 0.242 e. The molecule has 1 aromatic rings. The minimum atomic E-state index is -0.297. The number of nitrogens with one attached hydrogen (secondary N) is 2. The van der Waals surface area contributed by atoms with Crippen LogP contribution in [0.15, 0.2) is 6.20 Å². The zero-order valence-electron chi connectivity index (χ0n) is 10.8. The quantitative estimate of drug-likeness (QED) is 0.701. The molecule has 17 heavy (non-hydrogen) atoms. The molecule has 0 aliphatic rings. The van der Waals surface area contributed by atoms with Crippen molar-refractivity contribution in [3.05, 3.63) is 11.9 Å². The van der Waals surface area contributed by atoms with Gasteiger partial charge in [-0.05, 0) is 13.8 Å². The lowest BCUT2D eigenvalue weighted by Gasteiger charge is -2.14. The second-order valence-electron chi connectivity index (χ2n) is 3.95. The van der Waals surface area contributed by atoms with E-state index in [9.17, 15) is 4.79 Å². The fourth-order valence-corrected chi connectivity index (χ4v) is 1.47. The molecule has 1 atom stereocenters. The Hall–Kier alpha value is -1.56. The van der Waals surface area contributed by atoms with Gasteiger partial charge in [0.25, 0.3) is 0 Å². The molecular formula is C11H20N4O2. The van der Waals surface area contributed by atoms with Crippen molar-refractivity contribution >= 4 is 11.6 Å². The van der Waals surface area contributed by atoms with Gasteiger partial charge in [0, 0.05) is 26.9 Å². The van der Waals surface area contributed by atoms with Crippen molar-refractivity contribution in [3.8, 4) is 0 Å². The highest BCUT2D eigenvalue weighted by Crippen LogP contribution is 2.12. The van der Waals surface area contributed by atoms with Crippen LogP contribution in [0.25, 0.3) is 0 Å². The average Bonchev–Trinajstić information content (AvgIpc) is 2.57. The molecule has 0 bridgehead atoms. The Morgan fingerprint density at radius 1 is 1.65 bits per heavy atom. The van der Waals surface area contributed by atoms with Gasteiger partial charge in [0.15, 0.2) is 0 Å². The largest absolute Gasteiger partial charge is 0.383 e. The molecule has 96 valence electrons. The fourth-order valence-electron chi connectivity index (χ4n) is 1.47. The summed E-state index contributed by atoms with van der Waals surface area (Å²) in [4.78, 5) is 11.7. The van der Waals surface area contributed by atoms with Gasteiger partial charge < -0.3 is 15.4 Å². The first-order chi connectivity index (χ1) is 8.04. The zero-order chi connectivity index (χ0) is 12.8. The first-order valence-corrected chi connectivity index (χ1v) is 5.58. The number of ether oxygens (including phenoxy) is 1. The Morgan fingerprint density at radius 3 is 2.88 bits per heavy atom. The molecule has 6 nitrogen and oxygen atoms in total. The van der Waals surface area contributed by atoms with Gasteiger partial charge in [-0.2, -0.15) is 5.10 Å². The van der Waals surface area contributed by atoms with Crippen molar-refractivity contribution in [3.63, 3.8) is 0 Å². The normalized spacial score (nSPS) is 12.2. The maximum absolute atomic E-state index is 11.7. The van der Waals surface area contributed by atoms with Gasteiger partial charge in [0.1, 0.15) is 6.04 Å². The number of hydrogen-bond donors (Lipinski definition) is 2. The summed E-state index contributed by atoms with van der Waals surface area (Å²) in [6.45, 7) is 4.75. The number of rotatable bonds is 6. The third-order valence-corrected chi connectivity index (χ3v) is 2.38. The van der Waals surface area contributed by atoms with Crippen molar-refractivity contribution in [2.75, 3.05) is 25.6 Å². The zero-order valence-corrected chi connectivity index (χ0v) is 10.8. The lowest BCUT2D eigenvalue weighted by atomic mass is 10.3. The molecular weight excluding hydrogens is 220 g/mol. The summed E-state index contributed by atoms with van der Waals surface area (Å²) < 4.78 is 6.58. The molecule has 0 aromatic carbocycles. The second kappa shape index (κ2) is 6.24. The van der Waals surface area contributed by atoms with Crippen molar-refractivity contribution in [1.29, 1.82) is 0 Å². The summed E-state index contributed by atoms with van der Waals surface area (Å²) in [5.41, 5.74) is 1.76. The Kier molecular flexibility index (Phi) is 4.96. The van der Waals surface area contributed by atoms with E-state index in [1.165, 1.54) is 0 Å². The van der Waals surface area contributed by atoms with E-state index in [1.807, 2.05) is 27.1 Å². The Balaban J connectivity index is 2.45. The fraction of sp³-hybridized carbons (Fsp3) is 0.636. The molecule has 0 saturated heterocycles. The molecule has 1 rings (SSSR count). The molecule has 0 spiro atoms. The topological polar surface area (TPSA) is 68.2 Å². The van der Waals surface area contributed by atoms with Crippen LogP contribution >= 0.6 is 0 Å². The molecule has 1 aromatic heterocycles. The van der Waals surface area contributed by atoms with Crippen LogP contribution in [0, 0.1) is 6.92 Å². The van der Waals surface area contributed by atoms with Gasteiger partial charge in [-0.3, -0.25) is 9.48 Å². The molecule has 0 aliphatic heterocycles. The highest BCUT2D eigenvalue weighted by atomic mass is 16.5. The van der Waals surface area contributed by atoms with E-state index >= 15 is 0 Å². The van der Waals surface area contributed by atoms with Crippen molar-refractivity contribution in [2.45, 2.75) is 19.9 Å². The predicted molar refractivity (Wildman–Crippen MR) is 65.9 cm³/mol. The van der Waals surface area contributed by atoms with Crippen LogP contribution in [0.5, 0.6) is 0 Å². The van der Waals surface area contributed by atoms with E-state index in [0.29, 0.717) is 13.2 Å². The SMILES string of the molecule is COCCNC(=O)C(C)Nc1cn(C)nc1C. The molecule has 0 saturated carbocycles. The van der Waals surface area contributed by atoms with E-state index in [2.05, 4.69) is 15.7 Å². The van der Waals surface area contributed by atoms with Gasteiger partial charge in [0.2, 0.25) is 5.91 Å². The highest BCUT2D eigenvalue weighted by molar-refractivity contribution is 5.84. The summed E-state index contributed by atoms with van der Waals surface area (Å²) in [6.07, 6.45) is 1.86. The molecule has 0 aliphatic carbocycles. The second-order valence-corrected chi connectivity index (χ2v) is 3.95. The average molecular weight is 240 g/mol. The van der Waals surface area contributed by atoms with Crippen LogP contribution in [-0.2, 0) is 16.6 Å². The molecule has 0 fully saturated rings. The van der Waals surface area contributed by atoms with Crippen LogP contribution in [0.2, 0.25) is 0 Å². The summed E-state index contributed by atoms with van der Waals surface area (Å²) in [5.74, 6) is -0.0506. The number of methoxy groups -OCH3 is 1. The van der Waals surface area contributed by atoms with Crippen LogP contribution in [0.1, 0.15) is 12.6 Å². The summed E-state index contributed by atoms with van der Waals surface area (Å²) >= 11 is 0. The van der Waals surface area contributed by atoms with Gasteiger partial charge in [-0.25, -0.2) is 0 Å². The van der Waals surface area contributed by atoms with Crippen LogP contribution in [-0.4, -0.2) is 42.0 Å². The number of carbonyl (C=O) groups is 1. The van der Waals surface area contributed by atoms with Crippen LogP contribution in [0.3, 0.4) is 0 Å². The minimum Gasteiger partial charge on any atom is -0.383 e. The van der Waals surface area contributed by atoms with E-state index < -0.39 is 0 Å². The first kappa shape index (κ1) is 13.5. The number of amides is 1. The molecule has 1 unspecified atom stereocenters. The summed E-state index contributed by atoms with van der Waals surface area (Å²) in [7, 11) is 3.45. The van der Waals surface area contributed by atoms with Crippen LogP contribution in [0.4, 0.5) is 5.69 Å². The molecule has 6 heteroatoms. The summed E-state index contributed by atoms with van der Waals surface area (Å²) in [5, 5.41) is 10.1. The molecule has 2 N–H and O–H groups in total. The van der Waals surface area contributed by atoms with E-state index in [0.717, 1.165) is 11.4 Å². The van der Waals surface area contributed by atoms with E-state index in [-0.39, 0.29) is 11.9 Å². The lowest BCUT2D eigenvalue weighted by Crippen LogP contribution is -2.39. The Morgan fingerprint density at radius 2 is 2.35 bits per heavy atom. The Labute approximate surface area is 101 Å². The number of aromatic nitrogens is 2. The van der Waals surface area contributed by atoms with Gasteiger partial charge in [-0.15, -0.1) is 0 Å². The first-order valence-electron chi connectivity index (χ1n) is 5.58. The third kappa shape index (κ3) is 4.07. The summed E-state index contributed by atoms with van der Waals surface area (Å²) in [6, 6.07) is -0.297. The van der Waals surface area contributed by atoms with Crippen molar-refractivity contribution in [2.24, 2.45) is 7.05 Å². The van der Waals surface area contributed by atoms with E-state index in [4.69, 9.17) is 4.74 Å². The van der Waals surface area contributed by atoms with Gasteiger partial charge in [-0.1, -0.05) is 0 Å². The number of aryl methyl sites for hydroxylation is 2. The monoisotopic (exact) mass is 240 g/mol. The standard InChI is InChI=1S/C11H20N4O2/c1-8-10(7-15(3)14-8)13-9(2)11(16)12-5-6-17-4/h7,9,13H,5-6H2,1-4H3,(H,12,16).